The Morgan fingerprint density at radius 3 is 2.52 bits per heavy atom. The number of aryl methyl sites for hydroxylation is 3. The lowest BCUT2D eigenvalue weighted by atomic mass is 9.97. The number of nitrogens with zero attached hydrogens (tertiary/aromatic N) is 3. The van der Waals surface area contributed by atoms with Crippen molar-refractivity contribution in [3.63, 3.8) is 0 Å². The number of carbonyl (C=O) groups excluding carboxylic acids is 1. The summed E-state index contributed by atoms with van der Waals surface area (Å²) in [5, 5.41) is 9.85. The lowest BCUT2D eigenvalue weighted by molar-refractivity contribution is 0.0970. The van der Waals surface area contributed by atoms with E-state index >= 15 is 0 Å². The van der Waals surface area contributed by atoms with Gasteiger partial charge in [-0.2, -0.15) is 0 Å². The van der Waals surface area contributed by atoms with Gasteiger partial charge in [0.05, 0.1) is 17.0 Å². The molecule has 0 radical (unpaired) electrons. The molecular weight excluding hydrogens is 438 g/mol. The van der Waals surface area contributed by atoms with E-state index in [9.17, 15) is 9.59 Å². The smallest absolute Gasteiger partial charge is 0.297 e. The summed E-state index contributed by atoms with van der Waals surface area (Å²) in [5.41, 5.74) is 3.20. The van der Waals surface area contributed by atoms with Crippen molar-refractivity contribution in [1.29, 1.82) is 0 Å². The molecular formula is C25H21N3O4S. The van der Waals surface area contributed by atoms with Gasteiger partial charge in [-0.05, 0) is 61.7 Å². The minimum atomic E-state index is -0.685. The molecule has 1 atom stereocenters. The summed E-state index contributed by atoms with van der Waals surface area (Å²) in [4.78, 5) is 28.7. The van der Waals surface area contributed by atoms with Crippen LogP contribution in [0.4, 0.5) is 5.13 Å². The third kappa shape index (κ3) is 3.43. The molecule has 2 aromatic carbocycles. The average molecular weight is 460 g/mol. The highest BCUT2D eigenvalue weighted by Crippen LogP contribution is 2.42. The molecule has 0 fully saturated rings. The van der Waals surface area contributed by atoms with Crippen LogP contribution >= 0.6 is 11.3 Å². The Kier molecular flexibility index (Phi) is 5.09. The topological polar surface area (TPSA) is 85.5 Å². The summed E-state index contributed by atoms with van der Waals surface area (Å²) in [6.45, 7) is 9.75. The van der Waals surface area contributed by atoms with Gasteiger partial charge in [0.2, 0.25) is 10.9 Å². The first-order valence-electron chi connectivity index (χ1n) is 10.4. The van der Waals surface area contributed by atoms with Crippen LogP contribution in [0.25, 0.3) is 11.0 Å². The second-order valence-electron chi connectivity index (χ2n) is 7.96. The van der Waals surface area contributed by atoms with E-state index in [0.29, 0.717) is 34.0 Å². The Morgan fingerprint density at radius 1 is 1.12 bits per heavy atom. The number of rotatable bonds is 5. The van der Waals surface area contributed by atoms with Gasteiger partial charge in [0.1, 0.15) is 22.9 Å². The molecule has 8 heteroatoms. The minimum absolute atomic E-state index is 0.0422. The fraction of sp³-hybridized carbons (Fsp3) is 0.200. The molecule has 1 unspecified atom stereocenters. The SMILES string of the molecule is C=CCOc1ccc(C2c3c(oc4cc(C)c(C)cc4c3=O)C(=O)N2c2nnc(C)s2)cc1. The average Bonchev–Trinajstić information content (AvgIpc) is 3.35. The molecule has 1 aliphatic heterocycles. The van der Waals surface area contributed by atoms with E-state index < -0.39 is 11.9 Å². The number of benzene rings is 2. The van der Waals surface area contributed by atoms with Crippen molar-refractivity contribution in [3.8, 4) is 5.75 Å². The third-order valence-electron chi connectivity index (χ3n) is 5.77. The van der Waals surface area contributed by atoms with E-state index in [0.717, 1.165) is 21.7 Å². The second kappa shape index (κ2) is 7.97. The lowest BCUT2D eigenvalue weighted by Crippen LogP contribution is -2.29. The highest BCUT2D eigenvalue weighted by atomic mass is 32.1. The number of hydrogen-bond donors (Lipinski definition) is 0. The first-order chi connectivity index (χ1) is 15.9. The zero-order valence-corrected chi connectivity index (χ0v) is 19.2. The zero-order chi connectivity index (χ0) is 23.3. The summed E-state index contributed by atoms with van der Waals surface area (Å²) in [6.07, 6.45) is 1.67. The van der Waals surface area contributed by atoms with E-state index in [4.69, 9.17) is 9.15 Å². The summed E-state index contributed by atoms with van der Waals surface area (Å²) >= 11 is 1.29. The number of carbonyl (C=O) groups is 1. The number of amides is 1. The minimum Gasteiger partial charge on any atom is -0.490 e. The maximum absolute atomic E-state index is 13.7. The van der Waals surface area contributed by atoms with Crippen LogP contribution in [0.3, 0.4) is 0 Å². The largest absolute Gasteiger partial charge is 0.490 e. The molecule has 0 saturated carbocycles. The summed E-state index contributed by atoms with van der Waals surface area (Å²) in [7, 11) is 0. The van der Waals surface area contributed by atoms with Crippen molar-refractivity contribution in [2.75, 3.05) is 11.5 Å². The first-order valence-corrected chi connectivity index (χ1v) is 11.3. The van der Waals surface area contributed by atoms with Crippen molar-refractivity contribution in [1.82, 2.24) is 10.2 Å². The van der Waals surface area contributed by atoms with Crippen LogP contribution in [0.5, 0.6) is 5.75 Å². The van der Waals surface area contributed by atoms with Crippen LogP contribution in [-0.4, -0.2) is 22.7 Å². The molecule has 1 aliphatic rings. The predicted octanol–water partition coefficient (Wildman–Crippen LogP) is 4.88. The quantitative estimate of drug-likeness (QED) is 0.395. The Morgan fingerprint density at radius 2 is 1.85 bits per heavy atom. The number of aromatic nitrogens is 2. The second-order valence-corrected chi connectivity index (χ2v) is 9.12. The highest BCUT2D eigenvalue weighted by Gasteiger charge is 2.45. The molecule has 3 heterocycles. The molecule has 166 valence electrons. The molecule has 5 rings (SSSR count). The van der Waals surface area contributed by atoms with E-state index in [1.807, 2.05) is 39.0 Å². The van der Waals surface area contributed by atoms with Crippen molar-refractivity contribution in [2.45, 2.75) is 26.8 Å². The van der Waals surface area contributed by atoms with Gasteiger partial charge in [0, 0.05) is 0 Å². The van der Waals surface area contributed by atoms with Crippen molar-refractivity contribution >= 4 is 33.3 Å². The van der Waals surface area contributed by atoms with Gasteiger partial charge < -0.3 is 9.15 Å². The maximum Gasteiger partial charge on any atom is 0.297 e. The van der Waals surface area contributed by atoms with Crippen molar-refractivity contribution in [3.05, 3.63) is 92.3 Å². The van der Waals surface area contributed by atoms with Gasteiger partial charge in [-0.15, -0.1) is 10.2 Å². The van der Waals surface area contributed by atoms with Crippen molar-refractivity contribution < 1.29 is 13.9 Å². The molecule has 0 aliphatic carbocycles. The predicted molar refractivity (Wildman–Crippen MR) is 127 cm³/mol. The van der Waals surface area contributed by atoms with E-state index in [1.54, 1.807) is 24.3 Å². The van der Waals surface area contributed by atoms with Crippen LogP contribution in [0.15, 0.2) is 58.3 Å². The normalized spacial score (nSPS) is 15.2. The van der Waals surface area contributed by atoms with Gasteiger partial charge in [-0.25, -0.2) is 0 Å². The summed E-state index contributed by atoms with van der Waals surface area (Å²) in [6, 6.07) is 10.2. The van der Waals surface area contributed by atoms with E-state index in [2.05, 4.69) is 16.8 Å². The lowest BCUT2D eigenvalue weighted by Gasteiger charge is -2.22. The van der Waals surface area contributed by atoms with Gasteiger partial charge in [-0.3, -0.25) is 14.5 Å². The summed E-state index contributed by atoms with van der Waals surface area (Å²) < 4.78 is 11.6. The Hall–Kier alpha value is -3.78. The third-order valence-corrected chi connectivity index (χ3v) is 6.61. The van der Waals surface area contributed by atoms with E-state index in [-0.39, 0.29) is 11.2 Å². The van der Waals surface area contributed by atoms with Crippen molar-refractivity contribution in [2.24, 2.45) is 0 Å². The molecule has 0 saturated heterocycles. The van der Waals surface area contributed by atoms with Gasteiger partial charge in [0.25, 0.3) is 5.91 Å². The van der Waals surface area contributed by atoms with Gasteiger partial charge >= 0.3 is 0 Å². The molecule has 0 bridgehead atoms. The molecule has 2 aromatic heterocycles. The zero-order valence-electron chi connectivity index (χ0n) is 18.4. The fourth-order valence-electron chi connectivity index (χ4n) is 4.03. The monoisotopic (exact) mass is 459 g/mol. The van der Waals surface area contributed by atoms with Crippen LogP contribution in [0, 0.1) is 20.8 Å². The molecule has 4 aromatic rings. The number of fused-ring (bicyclic) bond motifs is 2. The summed E-state index contributed by atoms with van der Waals surface area (Å²) in [5.74, 6) is 0.300. The van der Waals surface area contributed by atoms with Crippen LogP contribution in [0.2, 0.25) is 0 Å². The van der Waals surface area contributed by atoms with Crippen LogP contribution in [0.1, 0.15) is 43.9 Å². The standard InChI is InChI=1S/C25H21N3O4S/c1-5-10-31-17-8-6-16(7-9-17)21-20-22(29)18-11-13(2)14(3)12-19(18)32-23(20)24(30)28(21)25-27-26-15(4)33-25/h5-9,11-12,21H,1,10H2,2-4H3. The number of anilines is 1. The Bertz CT molecular complexity index is 1470. The molecule has 7 nitrogen and oxygen atoms in total. The molecule has 1 amide bonds. The first kappa shape index (κ1) is 21.1. The number of ether oxygens (including phenoxy) is 1. The van der Waals surface area contributed by atoms with Gasteiger partial charge in [-0.1, -0.05) is 36.1 Å². The van der Waals surface area contributed by atoms with Crippen LogP contribution in [-0.2, 0) is 0 Å². The number of hydrogen-bond acceptors (Lipinski definition) is 7. The van der Waals surface area contributed by atoms with Gasteiger partial charge in [0.15, 0.2) is 5.43 Å². The van der Waals surface area contributed by atoms with Crippen LogP contribution < -0.4 is 15.1 Å². The highest BCUT2D eigenvalue weighted by molar-refractivity contribution is 7.15. The fourth-order valence-corrected chi connectivity index (χ4v) is 4.74. The molecule has 0 spiro atoms. The molecule has 0 N–H and O–H groups in total. The molecule has 33 heavy (non-hydrogen) atoms. The van der Waals surface area contributed by atoms with E-state index in [1.165, 1.54) is 16.2 Å². The Labute approximate surface area is 194 Å². The maximum atomic E-state index is 13.7. The Balaban J connectivity index is 1.73.